The van der Waals surface area contributed by atoms with Crippen molar-refractivity contribution in [2.75, 3.05) is 20.3 Å². The molecule has 1 aromatic rings. The van der Waals surface area contributed by atoms with Gasteiger partial charge in [-0.05, 0) is 38.5 Å². The normalized spacial score (nSPS) is 16.8. The van der Waals surface area contributed by atoms with Crippen LogP contribution in [-0.2, 0) is 19.1 Å². The first-order valence-corrected chi connectivity index (χ1v) is 8.83. The summed E-state index contributed by atoms with van der Waals surface area (Å²) >= 11 is 0. The molecule has 0 bridgehead atoms. The lowest BCUT2D eigenvalue weighted by atomic mass is 9.80. The second-order valence-electron chi connectivity index (χ2n) is 5.94. The van der Waals surface area contributed by atoms with Crippen molar-refractivity contribution in [2.24, 2.45) is 0 Å². The van der Waals surface area contributed by atoms with Gasteiger partial charge >= 0.3 is 11.9 Å². The molecule has 6 nitrogen and oxygen atoms in total. The molecule has 1 N–H and O–H groups in total. The predicted octanol–water partition coefficient (Wildman–Crippen LogP) is 3.30. The highest BCUT2D eigenvalue weighted by molar-refractivity contribution is 6.00. The first-order chi connectivity index (χ1) is 13.3. The van der Waals surface area contributed by atoms with Gasteiger partial charge in [0.25, 0.3) is 6.43 Å². The summed E-state index contributed by atoms with van der Waals surface area (Å²) in [5, 5.41) is 2.50. The summed E-state index contributed by atoms with van der Waals surface area (Å²) in [6, 6.07) is 6.48. The first-order valence-electron chi connectivity index (χ1n) is 8.83. The molecule has 1 aromatic carbocycles. The molecule has 0 fully saturated rings. The van der Waals surface area contributed by atoms with Crippen molar-refractivity contribution in [3.63, 3.8) is 0 Å². The molecule has 0 saturated carbocycles. The van der Waals surface area contributed by atoms with E-state index in [1.807, 2.05) is 0 Å². The van der Waals surface area contributed by atoms with Crippen molar-refractivity contribution in [2.45, 2.75) is 33.1 Å². The van der Waals surface area contributed by atoms with Crippen LogP contribution in [0.4, 0.5) is 8.78 Å². The third-order valence-electron chi connectivity index (χ3n) is 4.25. The van der Waals surface area contributed by atoms with E-state index in [0.717, 1.165) is 0 Å². The van der Waals surface area contributed by atoms with Gasteiger partial charge in [-0.2, -0.15) is 0 Å². The minimum absolute atomic E-state index is 0.00558. The van der Waals surface area contributed by atoms with E-state index >= 15 is 0 Å². The van der Waals surface area contributed by atoms with E-state index in [1.165, 1.54) is 14.0 Å². The van der Waals surface area contributed by atoms with Gasteiger partial charge in [0.2, 0.25) is 0 Å². The minimum atomic E-state index is -2.96. The third kappa shape index (κ3) is 4.32. The molecule has 2 rings (SSSR count). The summed E-state index contributed by atoms with van der Waals surface area (Å²) in [6.45, 7) is 4.81. The molecular formula is C20H23F2NO5. The Balaban J connectivity index is 2.70. The van der Waals surface area contributed by atoms with E-state index in [4.69, 9.17) is 14.2 Å². The van der Waals surface area contributed by atoms with Gasteiger partial charge in [0.1, 0.15) is 5.75 Å². The number of benzene rings is 1. The Morgan fingerprint density at radius 2 is 1.57 bits per heavy atom. The van der Waals surface area contributed by atoms with Crippen LogP contribution >= 0.6 is 0 Å². The maximum Gasteiger partial charge on any atom is 0.336 e. The monoisotopic (exact) mass is 395 g/mol. The highest BCUT2D eigenvalue weighted by Gasteiger charge is 2.41. The number of allylic oxidation sites excluding steroid dienone is 2. The molecule has 0 saturated heterocycles. The number of rotatable bonds is 7. The quantitative estimate of drug-likeness (QED) is 0.714. The smallest absolute Gasteiger partial charge is 0.336 e. The van der Waals surface area contributed by atoms with Crippen LogP contribution in [-0.4, -0.2) is 38.7 Å². The second kappa shape index (κ2) is 9.34. The minimum Gasteiger partial charge on any atom is -0.497 e. The molecule has 0 aromatic heterocycles. The van der Waals surface area contributed by atoms with E-state index < -0.39 is 30.0 Å². The van der Waals surface area contributed by atoms with Crippen molar-refractivity contribution in [1.82, 2.24) is 5.32 Å². The van der Waals surface area contributed by atoms with Gasteiger partial charge in [0.15, 0.2) is 0 Å². The van der Waals surface area contributed by atoms with Crippen LogP contribution in [0.15, 0.2) is 46.8 Å². The van der Waals surface area contributed by atoms with Gasteiger partial charge in [-0.25, -0.2) is 18.4 Å². The molecule has 152 valence electrons. The van der Waals surface area contributed by atoms with Crippen LogP contribution in [0.5, 0.6) is 5.75 Å². The Morgan fingerprint density at radius 1 is 1.04 bits per heavy atom. The van der Waals surface area contributed by atoms with E-state index in [0.29, 0.717) is 11.3 Å². The molecule has 1 atom stereocenters. The number of hydrogen-bond donors (Lipinski definition) is 1. The van der Waals surface area contributed by atoms with Crippen molar-refractivity contribution in [1.29, 1.82) is 0 Å². The summed E-state index contributed by atoms with van der Waals surface area (Å²) in [7, 11) is 1.49. The maximum absolute atomic E-state index is 13.7. The highest BCUT2D eigenvalue weighted by Crippen LogP contribution is 2.41. The summed E-state index contributed by atoms with van der Waals surface area (Å²) in [5.41, 5.74) is -0.145. The summed E-state index contributed by atoms with van der Waals surface area (Å²) < 4.78 is 42.7. The molecule has 0 spiro atoms. The van der Waals surface area contributed by atoms with Crippen LogP contribution in [0.25, 0.3) is 0 Å². The Labute approximate surface area is 162 Å². The van der Waals surface area contributed by atoms with Crippen molar-refractivity contribution in [3.05, 3.63) is 52.4 Å². The Hall–Kier alpha value is -2.90. The number of carbonyl (C=O) groups excluding carboxylic acids is 2. The van der Waals surface area contributed by atoms with Crippen molar-refractivity contribution in [3.8, 4) is 5.75 Å². The Bertz CT molecular complexity index is 799. The number of nitrogens with one attached hydrogen (secondary N) is 1. The molecule has 0 aliphatic carbocycles. The fourth-order valence-corrected chi connectivity index (χ4v) is 3.07. The van der Waals surface area contributed by atoms with Crippen LogP contribution < -0.4 is 10.1 Å². The highest BCUT2D eigenvalue weighted by atomic mass is 19.3. The molecule has 0 radical (unpaired) electrons. The maximum atomic E-state index is 13.7. The number of halogens is 2. The molecule has 1 unspecified atom stereocenters. The van der Waals surface area contributed by atoms with Crippen molar-refractivity contribution >= 4 is 11.9 Å². The molecule has 1 aliphatic rings. The van der Waals surface area contributed by atoms with Crippen LogP contribution in [0.3, 0.4) is 0 Å². The fraction of sp³-hybridized carbons (Fsp3) is 0.400. The molecule has 1 aliphatic heterocycles. The SMILES string of the molecule is CCOC(=O)C1=C(C)NC(C(F)F)=C(C(=O)OCC)C1c1ccc(OC)cc1. The van der Waals surface area contributed by atoms with Gasteiger partial charge < -0.3 is 19.5 Å². The van der Waals surface area contributed by atoms with E-state index in [9.17, 15) is 18.4 Å². The van der Waals surface area contributed by atoms with E-state index in [-0.39, 0.29) is 30.1 Å². The zero-order valence-corrected chi connectivity index (χ0v) is 16.2. The van der Waals surface area contributed by atoms with E-state index in [1.54, 1.807) is 38.1 Å². The van der Waals surface area contributed by atoms with Crippen LogP contribution in [0.2, 0.25) is 0 Å². The lowest BCUT2D eigenvalue weighted by Gasteiger charge is -2.31. The van der Waals surface area contributed by atoms with Gasteiger partial charge in [-0.1, -0.05) is 12.1 Å². The molecule has 1 heterocycles. The zero-order chi connectivity index (χ0) is 20.8. The average Bonchev–Trinajstić information content (AvgIpc) is 2.67. The lowest BCUT2D eigenvalue weighted by Crippen LogP contribution is -2.35. The summed E-state index contributed by atoms with van der Waals surface area (Å²) in [6.07, 6.45) is -2.96. The number of esters is 2. The lowest BCUT2D eigenvalue weighted by molar-refractivity contribution is -0.139. The van der Waals surface area contributed by atoms with Crippen LogP contribution in [0, 0.1) is 0 Å². The fourth-order valence-electron chi connectivity index (χ4n) is 3.07. The topological polar surface area (TPSA) is 73.9 Å². The molecule has 28 heavy (non-hydrogen) atoms. The largest absolute Gasteiger partial charge is 0.497 e. The molecule has 0 amide bonds. The molecule has 8 heteroatoms. The Kier molecular flexibility index (Phi) is 7.14. The average molecular weight is 395 g/mol. The van der Waals surface area contributed by atoms with Crippen LogP contribution in [0.1, 0.15) is 32.3 Å². The van der Waals surface area contributed by atoms with Gasteiger partial charge in [0.05, 0.1) is 43.1 Å². The zero-order valence-electron chi connectivity index (χ0n) is 16.2. The second-order valence-corrected chi connectivity index (χ2v) is 5.94. The Morgan fingerprint density at radius 3 is 2.04 bits per heavy atom. The van der Waals surface area contributed by atoms with Gasteiger partial charge in [-0.3, -0.25) is 0 Å². The number of dihydropyridines is 1. The number of alkyl halides is 2. The van der Waals surface area contributed by atoms with Gasteiger partial charge in [-0.15, -0.1) is 0 Å². The van der Waals surface area contributed by atoms with Gasteiger partial charge in [0, 0.05) is 5.70 Å². The summed E-state index contributed by atoms with van der Waals surface area (Å²) in [5.74, 6) is -2.12. The summed E-state index contributed by atoms with van der Waals surface area (Å²) in [4.78, 5) is 25.2. The number of ether oxygens (including phenoxy) is 3. The standard InChI is InChI=1S/C20H23F2NO5/c1-5-27-19(24)14-11(3)23-17(18(21)22)16(20(25)28-6-2)15(14)12-7-9-13(26-4)10-8-12/h7-10,15,18,23H,5-6H2,1-4H3. The predicted molar refractivity (Wildman–Crippen MR) is 97.9 cm³/mol. The van der Waals surface area contributed by atoms with Crippen molar-refractivity contribution < 1.29 is 32.6 Å². The number of methoxy groups -OCH3 is 1. The first kappa shape index (κ1) is 21.4. The number of hydrogen-bond acceptors (Lipinski definition) is 6. The number of carbonyl (C=O) groups is 2. The third-order valence-corrected chi connectivity index (χ3v) is 4.25. The molecular weight excluding hydrogens is 372 g/mol. The van der Waals surface area contributed by atoms with E-state index in [2.05, 4.69) is 5.32 Å².